The van der Waals surface area contributed by atoms with E-state index in [0.717, 1.165) is 9.83 Å². The van der Waals surface area contributed by atoms with Gasteiger partial charge in [-0.15, -0.1) is 23.5 Å². The van der Waals surface area contributed by atoms with Gasteiger partial charge in [-0.2, -0.15) is 23.5 Å². The molecule has 1 fully saturated rings. The lowest BCUT2D eigenvalue weighted by Crippen LogP contribution is -2.05. The standard InChI is InChI=1S/C9H18S4/c1-3-10-5-8-6-12-9(13-8)7-11-4-2/h8-9H,3-7H2,1-2H3. The maximum absolute atomic E-state index is 2.25. The molecule has 2 unspecified atom stereocenters. The van der Waals surface area contributed by atoms with Gasteiger partial charge in [0.1, 0.15) is 0 Å². The second-order valence-electron chi connectivity index (χ2n) is 2.84. The van der Waals surface area contributed by atoms with E-state index in [0.29, 0.717) is 0 Å². The van der Waals surface area contributed by atoms with E-state index >= 15 is 0 Å². The molecule has 1 heterocycles. The van der Waals surface area contributed by atoms with Crippen molar-refractivity contribution in [1.82, 2.24) is 0 Å². The van der Waals surface area contributed by atoms with Gasteiger partial charge in [-0.3, -0.25) is 0 Å². The maximum Gasteiger partial charge on any atom is 0.0596 e. The Labute approximate surface area is 99.1 Å². The molecule has 0 nitrogen and oxygen atoms in total. The first-order valence-corrected chi connectivity index (χ1v) is 9.09. The highest BCUT2D eigenvalue weighted by Gasteiger charge is 2.25. The molecule has 78 valence electrons. The molecule has 0 aliphatic carbocycles. The zero-order valence-electron chi connectivity index (χ0n) is 8.32. The summed E-state index contributed by atoms with van der Waals surface area (Å²) < 4.78 is 0.882. The highest BCUT2D eigenvalue weighted by Crippen LogP contribution is 2.40. The fourth-order valence-corrected chi connectivity index (χ4v) is 6.77. The summed E-state index contributed by atoms with van der Waals surface area (Å²) in [5, 5.41) is 0.928. The SMILES string of the molecule is CCSCC1CSC(CSCC)S1. The maximum atomic E-state index is 2.25. The largest absolute Gasteiger partial charge is 0.161 e. The van der Waals surface area contributed by atoms with Gasteiger partial charge in [0, 0.05) is 22.5 Å². The molecule has 1 aliphatic heterocycles. The van der Waals surface area contributed by atoms with Crippen molar-refractivity contribution < 1.29 is 0 Å². The molecule has 0 spiro atoms. The lowest BCUT2D eigenvalue weighted by atomic mass is 10.6. The Balaban J connectivity index is 2.05. The van der Waals surface area contributed by atoms with Gasteiger partial charge in [0.05, 0.1) is 4.58 Å². The molecule has 0 amide bonds. The second kappa shape index (κ2) is 7.66. The highest BCUT2D eigenvalue weighted by molar-refractivity contribution is 8.21. The van der Waals surface area contributed by atoms with Crippen molar-refractivity contribution >= 4 is 47.0 Å². The molecule has 0 N–H and O–H groups in total. The topological polar surface area (TPSA) is 0 Å². The average molecular weight is 255 g/mol. The quantitative estimate of drug-likeness (QED) is 0.709. The third-order valence-electron chi connectivity index (χ3n) is 1.78. The third-order valence-corrected chi connectivity index (χ3v) is 7.71. The van der Waals surface area contributed by atoms with Gasteiger partial charge in [-0.05, 0) is 11.5 Å². The zero-order chi connectivity index (χ0) is 9.52. The van der Waals surface area contributed by atoms with E-state index in [1.54, 1.807) is 0 Å². The lowest BCUT2D eigenvalue weighted by molar-refractivity contribution is 1.16. The Kier molecular flexibility index (Phi) is 7.35. The first kappa shape index (κ1) is 12.5. The summed E-state index contributed by atoms with van der Waals surface area (Å²) in [4.78, 5) is 0. The molecule has 0 bridgehead atoms. The van der Waals surface area contributed by atoms with E-state index in [2.05, 4.69) is 60.9 Å². The Morgan fingerprint density at radius 3 is 2.54 bits per heavy atom. The summed E-state index contributed by atoms with van der Waals surface area (Å²) in [6, 6.07) is 0. The minimum absolute atomic E-state index is 0.882. The normalized spacial score (nSPS) is 28.2. The molecule has 0 aromatic carbocycles. The molecule has 4 heteroatoms. The van der Waals surface area contributed by atoms with Crippen molar-refractivity contribution in [2.24, 2.45) is 0 Å². The van der Waals surface area contributed by atoms with Crippen molar-refractivity contribution in [3.63, 3.8) is 0 Å². The Morgan fingerprint density at radius 1 is 1.15 bits per heavy atom. The Bertz CT molecular complexity index is 115. The van der Waals surface area contributed by atoms with Gasteiger partial charge >= 0.3 is 0 Å². The number of thioether (sulfide) groups is 4. The molecule has 1 saturated heterocycles. The monoisotopic (exact) mass is 254 g/mol. The van der Waals surface area contributed by atoms with Crippen LogP contribution in [0.2, 0.25) is 0 Å². The van der Waals surface area contributed by atoms with Crippen LogP contribution in [0.15, 0.2) is 0 Å². The number of hydrogen-bond donors (Lipinski definition) is 0. The predicted octanol–water partition coefficient (Wildman–Crippen LogP) is 3.67. The molecular weight excluding hydrogens is 236 g/mol. The van der Waals surface area contributed by atoms with Crippen LogP contribution in [-0.4, -0.2) is 38.6 Å². The van der Waals surface area contributed by atoms with Crippen molar-refractivity contribution in [3.05, 3.63) is 0 Å². The molecule has 13 heavy (non-hydrogen) atoms. The van der Waals surface area contributed by atoms with Crippen LogP contribution in [0.4, 0.5) is 0 Å². The molecule has 1 rings (SSSR count). The minimum Gasteiger partial charge on any atom is -0.161 e. The Morgan fingerprint density at radius 2 is 1.85 bits per heavy atom. The van der Waals surface area contributed by atoms with E-state index in [1.807, 2.05) is 0 Å². The molecule has 0 radical (unpaired) electrons. The Hall–Kier alpha value is 1.40. The van der Waals surface area contributed by atoms with Crippen LogP contribution in [0.3, 0.4) is 0 Å². The van der Waals surface area contributed by atoms with E-state index in [9.17, 15) is 0 Å². The second-order valence-corrected chi connectivity index (χ2v) is 8.52. The predicted molar refractivity (Wildman–Crippen MR) is 73.6 cm³/mol. The lowest BCUT2D eigenvalue weighted by Gasteiger charge is -2.08. The van der Waals surface area contributed by atoms with Crippen LogP contribution in [0.25, 0.3) is 0 Å². The van der Waals surface area contributed by atoms with Crippen molar-refractivity contribution in [2.75, 3.05) is 28.8 Å². The summed E-state index contributed by atoms with van der Waals surface area (Å²) in [5.74, 6) is 6.63. The van der Waals surface area contributed by atoms with Gasteiger partial charge in [-0.25, -0.2) is 0 Å². The zero-order valence-corrected chi connectivity index (χ0v) is 11.6. The summed E-state index contributed by atoms with van der Waals surface area (Å²) in [6.07, 6.45) is 0. The minimum atomic E-state index is 0.882. The first-order chi connectivity index (χ1) is 6.36. The van der Waals surface area contributed by atoms with Gasteiger partial charge in [0.15, 0.2) is 0 Å². The van der Waals surface area contributed by atoms with Gasteiger partial charge in [0.2, 0.25) is 0 Å². The first-order valence-electron chi connectivity index (χ1n) is 4.79. The summed E-state index contributed by atoms with van der Waals surface area (Å²) in [7, 11) is 0. The molecule has 0 aromatic heterocycles. The molecule has 0 aromatic rings. The summed E-state index contributed by atoms with van der Waals surface area (Å²) in [6.45, 7) is 4.50. The van der Waals surface area contributed by atoms with Gasteiger partial charge in [-0.1, -0.05) is 13.8 Å². The highest BCUT2D eigenvalue weighted by atomic mass is 32.2. The fraction of sp³-hybridized carbons (Fsp3) is 1.00. The van der Waals surface area contributed by atoms with Crippen LogP contribution in [0.5, 0.6) is 0 Å². The van der Waals surface area contributed by atoms with E-state index < -0.39 is 0 Å². The van der Waals surface area contributed by atoms with Crippen LogP contribution in [0, 0.1) is 0 Å². The summed E-state index contributed by atoms with van der Waals surface area (Å²) >= 11 is 8.55. The summed E-state index contributed by atoms with van der Waals surface area (Å²) in [5.41, 5.74) is 0. The fourth-order valence-electron chi connectivity index (χ4n) is 1.15. The number of rotatable bonds is 6. The van der Waals surface area contributed by atoms with Crippen molar-refractivity contribution in [3.8, 4) is 0 Å². The molecular formula is C9H18S4. The van der Waals surface area contributed by atoms with Crippen LogP contribution < -0.4 is 0 Å². The van der Waals surface area contributed by atoms with Crippen LogP contribution in [-0.2, 0) is 0 Å². The molecule has 1 aliphatic rings. The van der Waals surface area contributed by atoms with E-state index in [1.165, 1.54) is 28.8 Å². The smallest absolute Gasteiger partial charge is 0.0596 e. The molecule has 0 saturated carbocycles. The van der Waals surface area contributed by atoms with Crippen molar-refractivity contribution in [2.45, 2.75) is 23.7 Å². The number of hydrogen-bond acceptors (Lipinski definition) is 4. The van der Waals surface area contributed by atoms with Gasteiger partial charge in [0.25, 0.3) is 0 Å². The van der Waals surface area contributed by atoms with E-state index in [4.69, 9.17) is 0 Å². The third kappa shape index (κ3) is 5.14. The average Bonchev–Trinajstić information content (AvgIpc) is 2.59. The van der Waals surface area contributed by atoms with Crippen LogP contribution >= 0.6 is 47.0 Å². The van der Waals surface area contributed by atoms with E-state index in [-0.39, 0.29) is 0 Å². The van der Waals surface area contributed by atoms with Gasteiger partial charge < -0.3 is 0 Å². The van der Waals surface area contributed by atoms with Crippen molar-refractivity contribution in [1.29, 1.82) is 0 Å². The molecule has 2 atom stereocenters. The van der Waals surface area contributed by atoms with Crippen LogP contribution in [0.1, 0.15) is 13.8 Å².